The Morgan fingerprint density at radius 2 is 2.07 bits per heavy atom. The van der Waals surface area contributed by atoms with E-state index in [1.807, 2.05) is 20.8 Å². The van der Waals surface area contributed by atoms with E-state index in [-0.39, 0.29) is 11.8 Å². The van der Waals surface area contributed by atoms with Gasteiger partial charge in [-0.2, -0.15) is 0 Å². The Balaban J connectivity index is 4.24. The number of hydrogen-bond acceptors (Lipinski definition) is 2. The molecule has 0 fully saturated rings. The summed E-state index contributed by atoms with van der Waals surface area (Å²) < 4.78 is 0. The monoisotopic (exact) mass is 216 g/mol. The smallest absolute Gasteiger partial charge is 0.223 e. The van der Waals surface area contributed by atoms with Gasteiger partial charge in [-0.05, 0) is 20.3 Å². The SMILES string of the molecule is CCCC(C)C(=O)NC(C)(C)C(N)=S. The highest BCUT2D eigenvalue weighted by atomic mass is 32.1. The third kappa shape index (κ3) is 4.05. The van der Waals surface area contributed by atoms with Gasteiger partial charge in [0.2, 0.25) is 5.91 Å². The minimum atomic E-state index is -0.589. The maximum absolute atomic E-state index is 11.6. The molecule has 0 heterocycles. The molecule has 0 aromatic carbocycles. The number of nitrogens with one attached hydrogen (secondary N) is 1. The molecular weight excluding hydrogens is 196 g/mol. The lowest BCUT2D eigenvalue weighted by atomic mass is 10.0. The Morgan fingerprint density at radius 3 is 2.43 bits per heavy atom. The van der Waals surface area contributed by atoms with Crippen LogP contribution < -0.4 is 11.1 Å². The molecule has 14 heavy (non-hydrogen) atoms. The summed E-state index contributed by atoms with van der Waals surface area (Å²) in [5, 5.41) is 2.84. The van der Waals surface area contributed by atoms with E-state index in [4.69, 9.17) is 18.0 Å². The minimum Gasteiger partial charge on any atom is -0.391 e. The third-order valence-electron chi connectivity index (χ3n) is 2.22. The average molecular weight is 216 g/mol. The van der Waals surface area contributed by atoms with Gasteiger partial charge in [-0.3, -0.25) is 4.79 Å². The Kier molecular flexibility index (Phi) is 5.05. The van der Waals surface area contributed by atoms with Crippen molar-refractivity contribution in [1.82, 2.24) is 5.32 Å². The number of carbonyl (C=O) groups is 1. The van der Waals surface area contributed by atoms with Crippen LogP contribution in [-0.4, -0.2) is 16.4 Å². The van der Waals surface area contributed by atoms with E-state index in [1.165, 1.54) is 0 Å². The van der Waals surface area contributed by atoms with Crippen molar-refractivity contribution >= 4 is 23.1 Å². The van der Waals surface area contributed by atoms with Gasteiger partial charge in [0, 0.05) is 5.92 Å². The van der Waals surface area contributed by atoms with Gasteiger partial charge in [-0.15, -0.1) is 0 Å². The molecule has 0 aliphatic carbocycles. The molecule has 1 unspecified atom stereocenters. The van der Waals surface area contributed by atoms with Crippen LogP contribution >= 0.6 is 12.2 Å². The highest BCUT2D eigenvalue weighted by Gasteiger charge is 2.25. The number of amides is 1. The Bertz CT molecular complexity index is 226. The number of thiocarbonyl (C=S) groups is 1. The van der Waals surface area contributed by atoms with E-state index in [9.17, 15) is 4.79 Å². The molecule has 0 saturated carbocycles. The van der Waals surface area contributed by atoms with Crippen LogP contribution in [-0.2, 0) is 4.79 Å². The number of carbonyl (C=O) groups excluding carboxylic acids is 1. The van der Waals surface area contributed by atoms with E-state index in [0.29, 0.717) is 4.99 Å². The van der Waals surface area contributed by atoms with Crippen molar-refractivity contribution < 1.29 is 4.79 Å². The number of nitrogens with two attached hydrogens (primary N) is 1. The standard InChI is InChI=1S/C10H20N2OS/c1-5-6-7(2)8(13)12-10(3,4)9(11)14/h7H,5-6H2,1-4H3,(H2,11,14)(H,12,13). The first-order valence-electron chi connectivity index (χ1n) is 4.93. The molecule has 0 aromatic heterocycles. The first-order valence-corrected chi connectivity index (χ1v) is 5.34. The molecule has 1 atom stereocenters. The third-order valence-corrected chi connectivity index (χ3v) is 2.73. The second-order valence-electron chi connectivity index (χ2n) is 4.17. The fraction of sp³-hybridized carbons (Fsp3) is 0.800. The molecule has 0 radical (unpaired) electrons. The maximum atomic E-state index is 11.6. The number of rotatable bonds is 5. The average Bonchev–Trinajstić information content (AvgIpc) is 2.03. The predicted molar refractivity (Wildman–Crippen MR) is 63.1 cm³/mol. The summed E-state index contributed by atoms with van der Waals surface area (Å²) in [4.78, 5) is 11.9. The van der Waals surface area contributed by atoms with Gasteiger partial charge < -0.3 is 11.1 Å². The summed E-state index contributed by atoms with van der Waals surface area (Å²) in [6.45, 7) is 7.59. The zero-order chi connectivity index (χ0) is 11.4. The van der Waals surface area contributed by atoms with Gasteiger partial charge in [0.05, 0.1) is 10.5 Å². The minimum absolute atomic E-state index is 0.0182. The van der Waals surface area contributed by atoms with Crippen LogP contribution in [0.4, 0.5) is 0 Å². The van der Waals surface area contributed by atoms with Crippen molar-refractivity contribution in [2.75, 3.05) is 0 Å². The first-order chi connectivity index (χ1) is 6.31. The van der Waals surface area contributed by atoms with Gasteiger partial charge in [0.15, 0.2) is 0 Å². The van der Waals surface area contributed by atoms with Crippen LogP contribution in [0.15, 0.2) is 0 Å². The van der Waals surface area contributed by atoms with Crippen LogP contribution in [0.25, 0.3) is 0 Å². The van der Waals surface area contributed by atoms with Crippen LogP contribution in [0.5, 0.6) is 0 Å². The van der Waals surface area contributed by atoms with E-state index >= 15 is 0 Å². The zero-order valence-corrected chi connectivity index (χ0v) is 10.2. The summed E-state index contributed by atoms with van der Waals surface area (Å²) in [7, 11) is 0. The first kappa shape index (κ1) is 13.4. The zero-order valence-electron chi connectivity index (χ0n) is 9.39. The van der Waals surface area contributed by atoms with Crippen molar-refractivity contribution in [3.8, 4) is 0 Å². The molecule has 0 aromatic rings. The van der Waals surface area contributed by atoms with Gasteiger partial charge in [-0.25, -0.2) is 0 Å². The van der Waals surface area contributed by atoms with Crippen molar-refractivity contribution in [1.29, 1.82) is 0 Å². The van der Waals surface area contributed by atoms with Gasteiger partial charge in [-0.1, -0.05) is 32.5 Å². The summed E-state index contributed by atoms with van der Waals surface area (Å²) >= 11 is 4.86. The van der Waals surface area contributed by atoms with E-state index in [1.54, 1.807) is 0 Å². The van der Waals surface area contributed by atoms with Gasteiger partial charge >= 0.3 is 0 Å². The molecule has 3 nitrogen and oxygen atoms in total. The molecule has 3 N–H and O–H groups in total. The molecule has 0 saturated heterocycles. The normalized spacial score (nSPS) is 13.4. The van der Waals surface area contributed by atoms with Crippen LogP contribution in [0.3, 0.4) is 0 Å². The molecule has 0 bridgehead atoms. The lowest BCUT2D eigenvalue weighted by Crippen LogP contribution is -2.53. The molecule has 0 rings (SSSR count). The summed E-state index contributed by atoms with van der Waals surface area (Å²) in [5.74, 6) is 0.0401. The lowest BCUT2D eigenvalue weighted by molar-refractivity contribution is -0.125. The Morgan fingerprint density at radius 1 is 1.57 bits per heavy atom. The second-order valence-corrected chi connectivity index (χ2v) is 4.61. The molecule has 0 spiro atoms. The van der Waals surface area contributed by atoms with Crippen molar-refractivity contribution in [3.63, 3.8) is 0 Å². The molecule has 1 amide bonds. The second kappa shape index (κ2) is 5.29. The van der Waals surface area contributed by atoms with Gasteiger partial charge in [0.25, 0.3) is 0 Å². The van der Waals surface area contributed by atoms with E-state index in [0.717, 1.165) is 12.8 Å². The number of hydrogen-bond donors (Lipinski definition) is 2. The molecule has 0 aliphatic heterocycles. The van der Waals surface area contributed by atoms with E-state index < -0.39 is 5.54 Å². The van der Waals surface area contributed by atoms with Gasteiger partial charge in [0.1, 0.15) is 0 Å². The summed E-state index contributed by atoms with van der Waals surface area (Å²) in [5.41, 5.74) is 4.92. The molecule has 82 valence electrons. The highest BCUT2D eigenvalue weighted by molar-refractivity contribution is 7.80. The summed E-state index contributed by atoms with van der Waals surface area (Å²) in [6.07, 6.45) is 1.89. The Labute approximate surface area is 91.4 Å². The summed E-state index contributed by atoms with van der Waals surface area (Å²) in [6, 6.07) is 0. The molecule has 4 heteroatoms. The maximum Gasteiger partial charge on any atom is 0.223 e. The highest BCUT2D eigenvalue weighted by Crippen LogP contribution is 2.09. The lowest BCUT2D eigenvalue weighted by Gasteiger charge is -2.26. The quantitative estimate of drug-likeness (QED) is 0.686. The molecular formula is C10H20N2OS. The fourth-order valence-corrected chi connectivity index (χ4v) is 1.11. The van der Waals surface area contributed by atoms with Crippen LogP contribution in [0, 0.1) is 5.92 Å². The molecule has 0 aliphatic rings. The topological polar surface area (TPSA) is 55.1 Å². The Hall–Kier alpha value is -0.640. The fourth-order valence-electron chi connectivity index (χ4n) is 1.06. The van der Waals surface area contributed by atoms with Crippen molar-refractivity contribution in [3.05, 3.63) is 0 Å². The largest absolute Gasteiger partial charge is 0.391 e. The van der Waals surface area contributed by atoms with Crippen LogP contribution in [0.1, 0.15) is 40.5 Å². The predicted octanol–water partition coefficient (Wildman–Crippen LogP) is 1.60. The van der Waals surface area contributed by atoms with Crippen LogP contribution in [0.2, 0.25) is 0 Å². The van der Waals surface area contributed by atoms with E-state index in [2.05, 4.69) is 12.2 Å². The van der Waals surface area contributed by atoms with Crippen molar-refractivity contribution in [2.24, 2.45) is 11.7 Å². The van der Waals surface area contributed by atoms with Crippen molar-refractivity contribution in [2.45, 2.75) is 46.1 Å².